The van der Waals surface area contributed by atoms with Crippen LogP contribution in [0.2, 0.25) is 18.6 Å². The number of rotatable bonds is 10. The van der Waals surface area contributed by atoms with Crippen molar-refractivity contribution in [1.29, 1.82) is 0 Å². The van der Waals surface area contributed by atoms with E-state index in [0.717, 1.165) is 6.04 Å². The second kappa shape index (κ2) is 9.16. The predicted octanol–water partition coefficient (Wildman–Crippen LogP) is 2.53. The number of hydrogen-bond donors (Lipinski definition) is 2. The number of unbranched alkanes of at least 4 members (excludes halogenated alkanes) is 4. The van der Waals surface area contributed by atoms with Crippen molar-refractivity contribution < 1.29 is 14.6 Å². The van der Waals surface area contributed by atoms with E-state index in [0.29, 0.717) is 6.04 Å². The van der Waals surface area contributed by atoms with Gasteiger partial charge in [0.25, 0.3) is 0 Å². The van der Waals surface area contributed by atoms with E-state index in [1.165, 1.54) is 32.1 Å². The first-order valence-electron chi connectivity index (χ1n) is 6.42. The molecular weight excluding hydrogens is 220 g/mol. The summed E-state index contributed by atoms with van der Waals surface area (Å²) in [4.78, 5) is 0. The Balaban J connectivity index is 3.78. The molecule has 0 fully saturated rings. The number of hydrogen-bond acceptors (Lipinski definition) is 3. The van der Waals surface area contributed by atoms with Gasteiger partial charge in [-0.25, -0.2) is 0 Å². The maximum atomic E-state index is 9.47. The highest BCUT2D eigenvalue weighted by Crippen LogP contribution is 2.22. The Morgan fingerprint density at radius 1 is 1.19 bits per heavy atom. The first-order chi connectivity index (χ1) is 7.58. The van der Waals surface area contributed by atoms with Gasteiger partial charge in [-0.3, -0.25) is 0 Å². The van der Waals surface area contributed by atoms with Gasteiger partial charge in [0.05, 0.1) is 12.7 Å². The molecule has 0 aromatic heterocycles. The number of aliphatic hydroxyl groups excluding tert-OH is 2. The van der Waals surface area contributed by atoms with Crippen molar-refractivity contribution in [1.82, 2.24) is 0 Å². The van der Waals surface area contributed by atoms with E-state index in [1.807, 2.05) is 0 Å². The summed E-state index contributed by atoms with van der Waals surface area (Å²) in [5, 5.41) is 18.3. The van der Waals surface area contributed by atoms with Crippen molar-refractivity contribution in [3.05, 3.63) is 0 Å². The van der Waals surface area contributed by atoms with Crippen LogP contribution in [0.4, 0.5) is 0 Å². The van der Waals surface area contributed by atoms with Gasteiger partial charge in [0.1, 0.15) is 0 Å². The molecule has 0 aliphatic carbocycles. The summed E-state index contributed by atoms with van der Waals surface area (Å²) in [7, 11) is -0.0392. The highest BCUT2D eigenvalue weighted by atomic mass is 28.4. The van der Waals surface area contributed by atoms with Crippen molar-refractivity contribution >= 4 is 8.32 Å². The number of aliphatic hydroxyl groups is 2. The SMILES string of the molecule is CCCCCCC[Si](C)(CC(O)CO)OC. The van der Waals surface area contributed by atoms with Crippen molar-refractivity contribution in [2.45, 2.75) is 63.8 Å². The zero-order chi connectivity index (χ0) is 12.4. The van der Waals surface area contributed by atoms with Crippen LogP contribution in [-0.4, -0.2) is 38.4 Å². The fraction of sp³-hybridized carbons (Fsp3) is 1.00. The van der Waals surface area contributed by atoms with Gasteiger partial charge >= 0.3 is 0 Å². The van der Waals surface area contributed by atoms with Crippen LogP contribution in [0.3, 0.4) is 0 Å². The molecule has 98 valence electrons. The Kier molecular flexibility index (Phi) is 9.22. The van der Waals surface area contributed by atoms with Crippen LogP contribution >= 0.6 is 0 Å². The maximum absolute atomic E-state index is 9.47. The zero-order valence-electron chi connectivity index (χ0n) is 11.0. The van der Waals surface area contributed by atoms with E-state index in [9.17, 15) is 5.11 Å². The van der Waals surface area contributed by atoms with Crippen LogP contribution in [0, 0.1) is 0 Å². The predicted molar refractivity (Wildman–Crippen MR) is 70.1 cm³/mol. The van der Waals surface area contributed by atoms with Crippen molar-refractivity contribution in [3.63, 3.8) is 0 Å². The first-order valence-corrected chi connectivity index (χ1v) is 9.24. The van der Waals surface area contributed by atoms with E-state index >= 15 is 0 Å². The summed E-state index contributed by atoms with van der Waals surface area (Å²) in [6.07, 6.45) is 5.72. The van der Waals surface area contributed by atoms with Crippen LogP contribution in [-0.2, 0) is 4.43 Å². The van der Waals surface area contributed by atoms with Crippen LogP contribution < -0.4 is 0 Å². The molecule has 0 amide bonds. The van der Waals surface area contributed by atoms with E-state index in [2.05, 4.69) is 13.5 Å². The minimum absolute atomic E-state index is 0.151. The van der Waals surface area contributed by atoms with Crippen LogP contribution in [0.25, 0.3) is 0 Å². The van der Waals surface area contributed by atoms with Crippen molar-refractivity contribution in [2.24, 2.45) is 0 Å². The van der Waals surface area contributed by atoms with Gasteiger partial charge in [-0.15, -0.1) is 0 Å². The molecule has 3 nitrogen and oxygen atoms in total. The largest absolute Gasteiger partial charge is 0.420 e. The second-order valence-electron chi connectivity index (χ2n) is 4.86. The van der Waals surface area contributed by atoms with Gasteiger partial charge in [-0.2, -0.15) is 0 Å². The lowest BCUT2D eigenvalue weighted by atomic mass is 10.2. The topological polar surface area (TPSA) is 49.7 Å². The Hall–Kier alpha value is 0.0969. The van der Waals surface area contributed by atoms with Crippen LogP contribution in [0.15, 0.2) is 0 Å². The van der Waals surface area contributed by atoms with Gasteiger partial charge in [0.15, 0.2) is 8.32 Å². The third kappa shape index (κ3) is 7.38. The van der Waals surface area contributed by atoms with Gasteiger partial charge < -0.3 is 14.6 Å². The summed E-state index contributed by atoms with van der Waals surface area (Å²) >= 11 is 0. The van der Waals surface area contributed by atoms with Gasteiger partial charge in [-0.05, 0) is 18.6 Å². The monoisotopic (exact) mass is 248 g/mol. The maximum Gasteiger partial charge on any atom is 0.191 e. The minimum atomic E-state index is -1.78. The van der Waals surface area contributed by atoms with Crippen molar-refractivity contribution in [3.8, 4) is 0 Å². The molecule has 16 heavy (non-hydrogen) atoms. The van der Waals surface area contributed by atoms with Gasteiger partial charge in [-0.1, -0.05) is 39.0 Å². The molecule has 0 radical (unpaired) electrons. The normalized spacial score (nSPS) is 17.1. The quantitative estimate of drug-likeness (QED) is 0.461. The third-order valence-corrected chi connectivity index (χ3v) is 6.91. The summed E-state index contributed by atoms with van der Waals surface area (Å²) < 4.78 is 5.58. The molecule has 0 heterocycles. The smallest absolute Gasteiger partial charge is 0.191 e. The van der Waals surface area contributed by atoms with Crippen LogP contribution in [0.1, 0.15) is 39.0 Å². The molecular formula is C12H28O3Si. The molecule has 2 N–H and O–H groups in total. The Labute approximate surface area is 101 Å². The third-order valence-electron chi connectivity index (χ3n) is 3.18. The molecule has 2 atom stereocenters. The standard InChI is InChI=1S/C12H28O3Si/c1-4-5-6-7-8-9-16(3,15-2)11-12(14)10-13/h12-14H,4-11H2,1-3H3. The molecule has 0 rings (SSSR count). The Bertz CT molecular complexity index is 166. The Morgan fingerprint density at radius 2 is 1.81 bits per heavy atom. The molecule has 0 bridgehead atoms. The van der Waals surface area contributed by atoms with Gasteiger partial charge in [0, 0.05) is 7.11 Å². The second-order valence-corrected chi connectivity index (χ2v) is 9.08. The van der Waals surface area contributed by atoms with E-state index in [1.54, 1.807) is 7.11 Å². The average Bonchev–Trinajstić information content (AvgIpc) is 2.28. The fourth-order valence-electron chi connectivity index (χ4n) is 1.95. The summed E-state index contributed by atoms with van der Waals surface area (Å²) in [6.45, 7) is 4.21. The van der Waals surface area contributed by atoms with E-state index in [-0.39, 0.29) is 6.61 Å². The molecule has 0 aromatic rings. The lowest BCUT2D eigenvalue weighted by Gasteiger charge is -2.27. The average molecular weight is 248 g/mol. The zero-order valence-corrected chi connectivity index (χ0v) is 12.0. The molecule has 0 saturated carbocycles. The van der Waals surface area contributed by atoms with Crippen LogP contribution in [0.5, 0.6) is 0 Å². The minimum Gasteiger partial charge on any atom is -0.420 e. The molecule has 0 aliphatic rings. The summed E-state index contributed by atoms with van der Waals surface area (Å²) in [6, 6.07) is 1.73. The lowest BCUT2D eigenvalue weighted by molar-refractivity contribution is 0.105. The Morgan fingerprint density at radius 3 is 2.31 bits per heavy atom. The molecule has 0 spiro atoms. The molecule has 0 saturated heterocycles. The van der Waals surface area contributed by atoms with Crippen molar-refractivity contribution in [2.75, 3.05) is 13.7 Å². The molecule has 4 heteroatoms. The molecule has 0 aromatic carbocycles. The van der Waals surface area contributed by atoms with E-state index in [4.69, 9.17) is 9.53 Å². The fourth-order valence-corrected chi connectivity index (χ4v) is 4.65. The summed E-state index contributed by atoms with van der Waals surface area (Å²) in [5.41, 5.74) is 0. The van der Waals surface area contributed by atoms with E-state index < -0.39 is 14.4 Å². The molecule has 2 unspecified atom stereocenters. The highest BCUT2D eigenvalue weighted by molar-refractivity contribution is 6.72. The lowest BCUT2D eigenvalue weighted by Crippen LogP contribution is -2.38. The summed E-state index contributed by atoms with van der Waals surface area (Å²) in [5.74, 6) is 0. The highest BCUT2D eigenvalue weighted by Gasteiger charge is 2.29. The van der Waals surface area contributed by atoms with Gasteiger partial charge in [0.2, 0.25) is 0 Å². The first kappa shape index (κ1) is 16.1. The molecule has 0 aliphatic heterocycles.